The Morgan fingerprint density at radius 3 is 2.76 bits per heavy atom. The highest BCUT2D eigenvalue weighted by Crippen LogP contribution is 2.20. The lowest BCUT2D eigenvalue weighted by atomic mass is 9.93. The van der Waals surface area contributed by atoms with E-state index in [1.54, 1.807) is 17.5 Å². The first kappa shape index (κ1) is 20.6. The Kier molecular flexibility index (Phi) is 11.0. The molecule has 1 amide bonds. The van der Waals surface area contributed by atoms with Crippen LogP contribution < -0.4 is 10.6 Å². The fourth-order valence-corrected chi connectivity index (χ4v) is 3.29. The SMILES string of the molecule is CCC(NC(=O)CCC1CCNCC1)c1nccs1.Cl.Cl. The van der Waals surface area contributed by atoms with Crippen LogP contribution in [-0.4, -0.2) is 24.0 Å². The zero-order valence-corrected chi connectivity index (χ0v) is 14.8. The van der Waals surface area contributed by atoms with E-state index in [1.165, 1.54) is 12.8 Å². The lowest BCUT2D eigenvalue weighted by molar-refractivity contribution is -0.122. The van der Waals surface area contributed by atoms with Gasteiger partial charge in [-0.25, -0.2) is 4.98 Å². The Balaban J connectivity index is 0.00000200. The molecule has 1 atom stereocenters. The molecule has 0 saturated carbocycles. The van der Waals surface area contributed by atoms with E-state index in [2.05, 4.69) is 22.5 Å². The van der Waals surface area contributed by atoms with Crippen molar-refractivity contribution in [3.05, 3.63) is 16.6 Å². The van der Waals surface area contributed by atoms with E-state index in [-0.39, 0.29) is 36.8 Å². The second-order valence-corrected chi connectivity index (χ2v) is 6.06. The van der Waals surface area contributed by atoms with Crippen LogP contribution in [-0.2, 0) is 4.79 Å². The van der Waals surface area contributed by atoms with Crippen molar-refractivity contribution >= 4 is 42.1 Å². The highest BCUT2D eigenvalue weighted by atomic mass is 35.5. The van der Waals surface area contributed by atoms with E-state index in [0.717, 1.165) is 30.9 Å². The number of carbonyl (C=O) groups excluding carboxylic acids is 1. The normalized spacial score (nSPS) is 16.4. The standard InChI is InChI=1S/C14H23N3OS.2ClH/c1-2-12(14-16-9-10-19-14)17-13(18)4-3-11-5-7-15-8-6-11;;/h9-12,15H,2-8H2,1H3,(H,17,18);2*1H. The lowest BCUT2D eigenvalue weighted by Gasteiger charge is -2.22. The Morgan fingerprint density at radius 1 is 1.48 bits per heavy atom. The summed E-state index contributed by atoms with van der Waals surface area (Å²) in [6, 6.07) is 0.0838. The third-order valence-electron chi connectivity index (χ3n) is 3.73. The minimum atomic E-state index is 0. The van der Waals surface area contributed by atoms with Crippen molar-refractivity contribution in [2.75, 3.05) is 13.1 Å². The van der Waals surface area contributed by atoms with Crippen molar-refractivity contribution in [3.63, 3.8) is 0 Å². The minimum absolute atomic E-state index is 0. The molecule has 1 aromatic rings. The number of hydrogen-bond donors (Lipinski definition) is 2. The van der Waals surface area contributed by atoms with Gasteiger partial charge in [-0.05, 0) is 44.7 Å². The summed E-state index contributed by atoms with van der Waals surface area (Å²) in [6.07, 6.45) is 6.76. The number of piperidine rings is 1. The van der Waals surface area contributed by atoms with Gasteiger partial charge in [0.25, 0.3) is 0 Å². The third kappa shape index (κ3) is 6.96. The number of nitrogens with one attached hydrogen (secondary N) is 2. The maximum absolute atomic E-state index is 12.0. The molecule has 0 radical (unpaired) electrons. The molecular weight excluding hydrogens is 329 g/mol. The van der Waals surface area contributed by atoms with Crippen LogP contribution in [0.4, 0.5) is 0 Å². The molecule has 1 aromatic heterocycles. The first-order valence-electron chi connectivity index (χ1n) is 7.19. The number of halogens is 2. The average Bonchev–Trinajstić information content (AvgIpc) is 2.97. The summed E-state index contributed by atoms with van der Waals surface area (Å²) in [5.41, 5.74) is 0. The van der Waals surface area contributed by atoms with E-state index >= 15 is 0 Å². The molecule has 1 unspecified atom stereocenters. The molecule has 0 bridgehead atoms. The predicted octanol–water partition coefficient (Wildman–Crippen LogP) is 3.33. The van der Waals surface area contributed by atoms with E-state index in [1.807, 2.05) is 5.38 Å². The number of hydrogen-bond acceptors (Lipinski definition) is 4. The van der Waals surface area contributed by atoms with E-state index in [9.17, 15) is 4.79 Å². The minimum Gasteiger partial charge on any atom is -0.347 e. The molecule has 1 fully saturated rings. The summed E-state index contributed by atoms with van der Waals surface area (Å²) in [5, 5.41) is 9.43. The van der Waals surface area contributed by atoms with Crippen molar-refractivity contribution in [1.82, 2.24) is 15.6 Å². The van der Waals surface area contributed by atoms with Gasteiger partial charge in [-0.2, -0.15) is 0 Å². The molecule has 1 aliphatic rings. The quantitative estimate of drug-likeness (QED) is 0.824. The van der Waals surface area contributed by atoms with Gasteiger partial charge in [0, 0.05) is 18.0 Å². The van der Waals surface area contributed by atoms with Gasteiger partial charge < -0.3 is 10.6 Å². The number of amides is 1. The van der Waals surface area contributed by atoms with E-state index < -0.39 is 0 Å². The summed E-state index contributed by atoms with van der Waals surface area (Å²) in [6.45, 7) is 4.28. The van der Waals surface area contributed by atoms with Crippen LogP contribution in [0.15, 0.2) is 11.6 Å². The predicted molar refractivity (Wildman–Crippen MR) is 92.6 cm³/mol. The summed E-state index contributed by atoms with van der Waals surface area (Å²) < 4.78 is 0. The van der Waals surface area contributed by atoms with Gasteiger partial charge in [-0.15, -0.1) is 36.2 Å². The number of thiazole rings is 1. The third-order valence-corrected chi connectivity index (χ3v) is 4.62. The monoisotopic (exact) mass is 353 g/mol. The van der Waals surface area contributed by atoms with Crippen molar-refractivity contribution in [3.8, 4) is 0 Å². The van der Waals surface area contributed by atoms with Crippen molar-refractivity contribution in [2.45, 2.75) is 45.1 Å². The largest absolute Gasteiger partial charge is 0.347 e. The van der Waals surface area contributed by atoms with Gasteiger partial charge in [0.2, 0.25) is 5.91 Å². The lowest BCUT2D eigenvalue weighted by Crippen LogP contribution is -2.30. The molecular formula is C14H25Cl2N3OS. The average molecular weight is 354 g/mol. The summed E-state index contributed by atoms with van der Waals surface area (Å²) in [4.78, 5) is 16.3. The molecule has 21 heavy (non-hydrogen) atoms. The number of nitrogens with zero attached hydrogens (tertiary/aromatic N) is 1. The topological polar surface area (TPSA) is 54.0 Å². The van der Waals surface area contributed by atoms with Crippen LogP contribution in [0.2, 0.25) is 0 Å². The first-order valence-corrected chi connectivity index (χ1v) is 8.07. The number of aromatic nitrogens is 1. The fourth-order valence-electron chi connectivity index (χ4n) is 2.52. The van der Waals surface area contributed by atoms with E-state index in [4.69, 9.17) is 0 Å². The molecule has 2 N–H and O–H groups in total. The Labute approximate surface area is 143 Å². The van der Waals surface area contributed by atoms with Gasteiger partial charge >= 0.3 is 0 Å². The summed E-state index contributed by atoms with van der Waals surface area (Å²) >= 11 is 1.61. The van der Waals surface area contributed by atoms with Gasteiger partial charge in [-0.3, -0.25) is 4.79 Å². The maximum Gasteiger partial charge on any atom is 0.220 e. The van der Waals surface area contributed by atoms with Crippen LogP contribution >= 0.6 is 36.2 Å². The summed E-state index contributed by atoms with van der Waals surface area (Å²) in [7, 11) is 0. The van der Waals surface area contributed by atoms with Crippen LogP contribution in [0.5, 0.6) is 0 Å². The second-order valence-electron chi connectivity index (χ2n) is 5.13. The van der Waals surface area contributed by atoms with Crippen molar-refractivity contribution < 1.29 is 4.79 Å². The molecule has 1 saturated heterocycles. The highest BCUT2D eigenvalue weighted by Gasteiger charge is 2.17. The molecule has 0 aromatic carbocycles. The van der Waals surface area contributed by atoms with Crippen molar-refractivity contribution in [1.29, 1.82) is 0 Å². The molecule has 7 heteroatoms. The molecule has 1 aliphatic heterocycles. The molecule has 0 spiro atoms. The number of rotatable bonds is 6. The smallest absolute Gasteiger partial charge is 0.220 e. The zero-order valence-electron chi connectivity index (χ0n) is 12.3. The highest BCUT2D eigenvalue weighted by molar-refractivity contribution is 7.09. The molecule has 0 aliphatic carbocycles. The fraction of sp³-hybridized carbons (Fsp3) is 0.714. The molecule has 2 rings (SSSR count). The van der Waals surface area contributed by atoms with E-state index in [0.29, 0.717) is 12.3 Å². The van der Waals surface area contributed by atoms with Gasteiger partial charge in [-0.1, -0.05) is 6.92 Å². The molecule has 2 heterocycles. The zero-order chi connectivity index (χ0) is 13.5. The van der Waals surface area contributed by atoms with Gasteiger partial charge in [0.05, 0.1) is 6.04 Å². The Bertz CT molecular complexity index is 384. The van der Waals surface area contributed by atoms with Crippen LogP contribution in [0, 0.1) is 5.92 Å². The van der Waals surface area contributed by atoms with Gasteiger partial charge in [0.1, 0.15) is 5.01 Å². The Morgan fingerprint density at radius 2 is 2.19 bits per heavy atom. The molecule has 122 valence electrons. The maximum atomic E-state index is 12.0. The van der Waals surface area contributed by atoms with Crippen LogP contribution in [0.1, 0.15) is 50.1 Å². The second kappa shape index (κ2) is 11.2. The van der Waals surface area contributed by atoms with Crippen LogP contribution in [0.25, 0.3) is 0 Å². The molecule has 4 nitrogen and oxygen atoms in total. The summed E-state index contributed by atoms with van der Waals surface area (Å²) in [5.74, 6) is 0.882. The number of carbonyl (C=O) groups is 1. The Hall–Kier alpha value is -0.360. The van der Waals surface area contributed by atoms with Gasteiger partial charge in [0.15, 0.2) is 0 Å². The van der Waals surface area contributed by atoms with Crippen LogP contribution in [0.3, 0.4) is 0 Å². The van der Waals surface area contributed by atoms with Crippen molar-refractivity contribution in [2.24, 2.45) is 5.92 Å². The first-order chi connectivity index (χ1) is 9.29.